The van der Waals surface area contributed by atoms with E-state index < -0.39 is 11.6 Å². The number of benzene rings is 2. The first kappa shape index (κ1) is 20.5. The number of aromatic nitrogens is 3. The zero-order valence-corrected chi connectivity index (χ0v) is 17.6. The average Bonchev–Trinajstić information content (AvgIpc) is 3.09. The molecule has 2 aromatic carbocycles. The molecule has 1 unspecified atom stereocenters. The molecular formula is C23H23ClFN5. The van der Waals surface area contributed by atoms with Gasteiger partial charge in [0.25, 0.3) is 0 Å². The molecule has 0 fully saturated rings. The van der Waals surface area contributed by atoms with E-state index in [1.54, 1.807) is 18.6 Å². The van der Waals surface area contributed by atoms with Gasteiger partial charge < -0.3 is 16.0 Å². The van der Waals surface area contributed by atoms with Crippen molar-refractivity contribution in [3.05, 3.63) is 83.2 Å². The van der Waals surface area contributed by atoms with Crippen LogP contribution in [0, 0.1) is 5.82 Å². The van der Waals surface area contributed by atoms with Crippen LogP contribution in [0.3, 0.4) is 0 Å². The molecule has 2 aromatic heterocycles. The molecule has 4 aromatic rings. The first-order valence-corrected chi connectivity index (χ1v) is 10.00. The Morgan fingerprint density at radius 3 is 2.67 bits per heavy atom. The van der Waals surface area contributed by atoms with Crippen LogP contribution in [0.4, 0.5) is 4.39 Å². The highest BCUT2D eigenvalue weighted by Crippen LogP contribution is 2.32. The number of pyridine rings is 1. The Hall–Kier alpha value is -2.80. The fourth-order valence-electron chi connectivity index (χ4n) is 3.41. The van der Waals surface area contributed by atoms with Crippen molar-refractivity contribution >= 4 is 22.6 Å². The molecule has 7 heteroatoms. The summed E-state index contributed by atoms with van der Waals surface area (Å²) in [4.78, 5) is 8.83. The predicted octanol–water partition coefficient (Wildman–Crippen LogP) is 4.68. The highest BCUT2D eigenvalue weighted by atomic mass is 35.5. The van der Waals surface area contributed by atoms with Gasteiger partial charge in [0.2, 0.25) is 0 Å². The van der Waals surface area contributed by atoms with Crippen molar-refractivity contribution < 1.29 is 4.39 Å². The van der Waals surface area contributed by atoms with Gasteiger partial charge in [-0.15, -0.1) is 0 Å². The summed E-state index contributed by atoms with van der Waals surface area (Å²) >= 11 is 6.46. The second-order valence-corrected chi connectivity index (χ2v) is 8.50. The Morgan fingerprint density at radius 1 is 1.13 bits per heavy atom. The van der Waals surface area contributed by atoms with E-state index >= 15 is 0 Å². The third kappa shape index (κ3) is 4.07. The van der Waals surface area contributed by atoms with Gasteiger partial charge in [0.1, 0.15) is 5.82 Å². The highest BCUT2D eigenvalue weighted by Gasteiger charge is 2.25. The zero-order chi connectivity index (χ0) is 21.5. The number of nitrogens with two attached hydrogens (primary N) is 2. The predicted molar refractivity (Wildman–Crippen MR) is 119 cm³/mol. The van der Waals surface area contributed by atoms with Crippen LogP contribution in [0.1, 0.15) is 31.1 Å². The number of hydrogen-bond donors (Lipinski definition) is 2. The molecule has 154 valence electrons. The van der Waals surface area contributed by atoms with E-state index in [1.165, 1.54) is 12.1 Å². The van der Waals surface area contributed by atoms with Gasteiger partial charge in [-0.05, 0) is 55.3 Å². The second kappa shape index (κ2) is 7.80. The maximum Gasteiger partial charge on any atom is 0.123 e. The molecule has 0 spiro atoms. The number of fused-ring (bicyclic) bond motifs is 1. The molecule has 30 heavy (non-hydrogen) atoms. The van der Waals surface area contributed by atoms with Gasteiger partial charge in [0, 0.05) is 23.8 Å². The molecule has 0 bridgehead atoms. The van der Waals surface area contributed by atoms with Crippen molar-refractivity contribution in [2.24, 2.45) is 11.5 Å². The molecule has 4 N–H and O–H groups in total. The van der Waals surface area contributed by atoms with Crippen LogP contribution in [0.5, 0.6) is 0 Å². The summed E-state index contributed by atoms with van der Waals surface area (Å²) in [6.07, 6.45) is 3.36. The first-order valence-electron chi connectivity index (χ1n) is 9.62. The van der Waals surface area contributed by atoms with Crippen molar-refractivity contribution in [1.82, 2.24) is 14.5 Å². The summed E-state index contributed by atoms with van der Waals surface area (Å²) in [7, 11) is 0. The van der Waals surface area contributed by atoms with Crippen molar-refractivity contribution in [1.29, 1.82) is 0 Å². The third-order valence-electron chi connectivity index (χ3n) is 5.17. The SMILES string of the molecule is CC(C)(N)C(N)c1cc(-c2ccc3ncn(Cc4cccc(F)c4)c3c2)c(Cl)cn1. The van der Waals surface area contributed by atoms with Gasteiger partial charge in [-0.3, -0.25) is 4.98 Å². The van der Waals surface area contributed by atoms with Crippen LogP contribution in [-0.4, -0.2) is 20.1 Å². The van der Waals surface area contributed by atoms with E-state index in [0.29, 0.717) is 17.3 Å². The normalized spacial score (nSPS) is 13.0. The number of nitrogens with zero attached hydrogens (tertiary/aromatic N) is 3. The van der Waals surface area contributed by atoms with Crippen LogP contribution in [0.2, 0.25) is 5.02 Å². The third-order valence-corrected chi connectivity index (χ3v) is 5.47. The van der Waals surface area contributed by atoms with Crippen molar-refractivity contribution in [2.75, 3.05) is 0 Å². The number of rotatable bonds is 5. The molecule has 5 nitrogen and oxygen atoms in total. The Bertz CT molecular complexity index is 1210. The average molecular weight is 424 g/mol. The highest BCUT2D eigenvalue weighted by molar-refractivity contribution is 6.33. The van der Waals surface area contributed by atoms with Crippen molar-refractivity contribution in [3.63, 3.8) is 0 Å². The van der Waals surface area contributed by atoms with Crippen LogP contribution < -0.4 is 11.5 Å². The molecule has 0 aliphatic carbocycles. The summed E-state index contributed by atoms with van der Waals surface area (Å²) in [5.41, 5.74) is 16.9. The molecule has 0 aliphatic rings. The van der Waals surface area contributed by atoms with Crippen molar-refractivity contribution in [3.8, 4) is 11.1 Å². The molecule has 1 atom stereocenters. The minimum Gasteiger partial charge on any atom is -0.326 e. The molecule has 0 aliphatic heterocycles. The molecule has 0 saturated heterocycles. The minimum atomic E-state index is -0.619. The fourth-order valence-corrected chi connectivity index (χ4v) is 3.62. The van der Waals surface area contributed by atoms with Crippen LogP contribution >= 0.6 is 11.6 Å². The summed E-state index contributed by atoms with van der Waals surface area (Å²) < 4.78 is 15.5. The smallest absolute Gasteiger partial charge is 0.123 e. The lowest BCUT2D eigenvalue weighted by Gasteiger charge is -2.26. The standard InChI is InChI=1S/C23H23ClFN5/c1-23(2,27)22(26)20-10-17(18(24)11-28-20)15-6-7-19-21(9-15)30(13-29-19)12-14-4-3-5-16(25)8-14/h3-11,13,22H,12,26-27H2,1-2H3. The van der Waals surface area contributed by atoms with Gasteiger partial charge in [0.05, 0.1) is 34.1 Å². The van der Waals surface area contributed by atoms with Gasteiger partial charge in [0.15, 0.2) is 0 Å². The summed E-state index contributed by atoms with van der Waals surface area (Å²) in [5, 5.41) is 0.524. The minimum absolute atomic E-state index is 0.257. The number of imidazole rings is 1. The van der Waals surface area contributed by atoms with E-state index in [4.69, 9.17) is 23.1 Å². The summed E-state index contributed by atoms with van der Waals surface area (Å²) in [6, 6.07) is 13.9. The van der Waals surface area contributed by atoms with Gasteiger partial charge in [-0.1, -0.05) is 29.8 Å². The molecule has 0 amide bonds. The Morgan fingerprint density at radius 2 is 1.93 bits per heavy atom. The van der Waals surface area contributed by atoms with Gasteiger partial charge in [-0.2, -0.15) is 0 Å². The summed E-state index contributed by atoms with van der Waals surface area (Å²) in [6.45, 7) is 4.24. The van der Waals surface area contributed by atoms with Crippen LogP contribution in [-0.2, 0) is 6.54 Å². The maximum absolute atomic E-state index is 13.6. The Kier molecular flexibility index (Phi) is 5.32. The lowest BCUT2D eigenvalue weighted by atomic mass is 9.92. The lowest BCUT2D eigenvalue weighted by molar-refractivity contribution is 0.413. The van der Waals surface area contributed by atoms with Gasteiger partial charge >= 0.3 is 0 Å². The van der Waals surface area contributed by atoms with E-state index in [9.17, 15) is 4.39 Å². The summed E-state index contributed by atoms with van der Waals surface area (Å²) in [5.74, 6) is -0.257. The van der Waals surface area contributed by atoms with E-state index in [-0.39, 0.29) is 5.82 Å². The Balaban J connectivity index is 1.75. The number of hydrogen-bond acceptors (Lipinski definition) is 4. The fraction of sp³-hybridized carbons (Fsp3) is 0.217. The molecule has 0 saturated carbocycles. The van der Waals surface area contributed by atoms with Crippen LogP contribution in [0.25, 0.3) is 22.2 Å². The maximum atomic E-state index is 13.6. The van der Waals surface area contributed by atoms with E-state index in [2.05, 4.69) is 9.97 Å². The quantitative estimate of drug-likeness (QED) is 0.488. The lowest BCUT2D eigenvalue weighted by Crippen LogP contribution is -2.44. The monoisotopic (exact) mass is 423 g/mol. The van der Waals surface area contributed by atoms with Crippen LogP contribution in [0.15, 0.2) is 61.1 Å². The Labute approximate surface area is 179 Å². The van der Waals surface area contributed by atoms with E-state index in [1.807, 2.05) is 48.7 Å². The van der Waals surface area contributed by atoms with Crippen molar-refractivity contribution in [2.45, 2.75) is 32.0 Å². The molecular weight excluding hydrogens is 401 g/mol. The van der Waals surface area contributed by atoms with Gasteiger partial charge in [-0.25, -0.2) is 9.37 Å². The number of halogens is 2. The van der Waals surface area contributed by atoms with E-state index in [0.717, 1.165) is 27.7 Å². The topological polar surface area (TPSA) is 82.8 Å². The molecule has 2 heterocycles. The first-order chi connectivity index (χ1) is 14.2. The zero-order valence-electron chi connectivity index (χ0n) is 16.8. The second-order valence-electron chi connectivity index (χ2n) is 8.09. The molecule has 4 rings (SSSR count). The largest absolute Gasteiger partial charge is 0.326 e. The molecule has 0 radical (unpaired) electrons.